The predicted octanol–water partition coefficient (Wildman–Crippen LogP) is 3.86. The van der Waals surface area contributed by atoms with Gasteiger partial charge in [0.1, 0.15) is 5.75 Å². The third kappa shape index (κ3) is 4.16. The molecule has 1 heterocycles. The number of halogens is 1. The normalized spacial score (nSPS) is 10.5. The first-order valence-corrected chi connectivity index (χ1v) is 8.13. The highest BCUT2D eigenvalue weighted by Crippen LogP contribution is 2.28. The van der Waals surface area contributed by atoms with Gasteiger partial charge in [0.15, 0.2) is 0 Å². The van der Waals surface area contributed by atoms with Crippen LogP contribution in [-0.4, -0.2) is 28.7 Å². The van der Waals surface area contributed by atoms with Crippen LogP contribution in [0.15, 0.2) is 41.3 Å². The standard InChI is InChI=1S/C14H14ClNO2S2/c1-16(8-10-6-7-13(15)20-10)14(18)9-19-12-5-3-2-4-11(12)17/h2-7,17H,8-9H2,1H3. The highest BCUT2D eigenvalue weighted by atomic mass is 35.5. The molecule has 2 rings (SSSR count). The quantitative estimate of drug-likeness (QED) is 0.848. The van der Waals surface area contributed by atoms with Crippen molar-refractivity contribution < 1.29 is 9.90 Å². The summed E-state index contributed by atoms with van der Waals surface area (Å²) in [6.45, 7) is 0.553. The molecule has 20 heavy (non-hydrogen) atoms. The average Bonchev–Trinajstić information content (AvgIpc) is 2.82. The van der Waals surface area contributed by atoms with Crippen LogP contribution in [-0.2, 0) is 11.3 Å². The van der Waals surface area contributed by atoms with E-state index in [4.69, 9.17) is 11.6 Å². The van der Waals surface area contributed by atoms with Crippen molar-refractivity contribution in [1.82, 2.24) is 4.90 Å². The minimum atomic E-state index is 0.0165. The number of carbonyl (C=O) groups excluding carboxylic acids is 1. The zero-order valence-corrected chi connectivity index (χ0v) is 13.3. The number of rotatable bonds is 5. The Balaban J connectivity index is 1.87. The molecule has 0 atom stereocenters. The number of amides is 1. The summed E-state index contributed by atoms with van der Waals surface area (Å²) in [5.74, 6) is 0.522. The third-order valence-electron chi connectivity index (χ3n) is 2.66. The Morgan fingerprint density at radius 1 is 1.35 bits per heavy atom. The highest BCUT2D eigenvalue weighted by molar-refractivity contribution is 8.00. The average molecular weight is 328 g/mol. The molecule has 0 aliphatic heterocycles. The Morgan fingerprint density at radius 3 is 2.75 bits per heavy atom. The number of para-hydroxylation sites is 1. The molecule has 2 aromatic rings. The van der Waals surface area contributed by atoms with Crippen molar-refractivity contribution in [3.63, 3.8) is 0 Å². The van der Waals surface area contributed by atoms with E-state index in [2.05, 4.69) is 0 Å². The van der Waals surface area contributed by atoms with Gasteiger partial charge >= 0.3 is 0 Å². The Labute approximate surface area is 131 Å². The minimum Gasteiger partial charge on any atom is -0.507 e. The molecule has 1 aromatic carbocycles. The molecule has 0 unspecified atom stereocenters. The number of phenols is 1. The SMILES string of the molecule is CN(Cc1ccc(Cl)s1)C(=O)CSc1ccccc1O. The lowest BCUT2D eigenvalue weighted by molar-refractivity contribution is -0.127. The predicted molar refractivity (Wildman–Crippen MR) is 84.6 cm³/mol. The van der Waals surface area contributed by atoms with Crippen molar-refractivity contribution in [2.45, 2.75) is 11.4 Å². The highest BCUT2D eigenvalue weighted by Gasteiger charge is 2.12. The van der Waals surface area contributed by atoms with E-state index >= 15 is 0 Å². The lowest BCUT2D eigenvalue weighted by atomic mass is 10.3. The van der Waals surface area contributed by atoms with E-state index in [1.54, 1.807) is 30.1 Å². The fourth-order valence-electron chi connectivity index (χ4n) is 1.59. The zero-order chi connectivity index (χ0) is 14.5. The van der Waals surface area contributed by atoms with Gasteiger partial charge in [-0.1, -0.05) is 23.7 Å². The molecule has 1 aromatic heterocycles. The largest absolute Gasteiger partial charge is 0.507 e. The topological polar surface area (TPSA) is 40.5 Å². The van der Waals surface area contributed by atoms with E-state index in [1.807, 2.05) is 18.2 Å². The fourth-order valence-corrected chi connectivity index (χ4v) is 3.62. The number of thiophene rings is 1. The molecule has 1 N–H and O–H groups in total. The second-order valence-electron chi connectivity index (χ2n) is 4.21. The van der Waals surface area contributed by atoms with E-state index in [1.165, 1.54) is 23.1 Å². The molecule has 6 heteroatoms. The summed E-state index contributed by atoms with van der Waals surface area (Å²) in [5, 5.41) is 9.64. The van der Waals surface area contributed by atoms with Gasteiger partial charge in [0.2, 0.25) is 5.91 Å². The van der Waals surface area contributed by atoms with E-state index in [-0.39, 0.29) is 11.7 Å². The van der Waals surface area contributed by atoms with Crippen molar-refractivity contribution in [3.8, 4) is 5.75 Å². The summed E-state index contributed by atoms with van der Waals surface area (Å²) in [6, 6.07) is 10.8. The number of nitrogens with zero attached hydrogens (tertiary/aromatic N) is 1. The minimum absolute atomic E-state index is 0.0165. The number of hydrogen-bond acceptors (Lipinski definition) is 4. The molecular weight excluding hydrogens is 314 g/mol. The molecule has 1 amide bonds. The number of benzene rings is 1. The van der Waals surface area contributed by atoms with Crippen LogP contribution in [0, 0.1) is 0 Å². The fraction of sp³-hybridized carbons (Fsp3) is 0.214. The summed E-state index contributed by atoms with van der Waals surface area (Å²) in [5.41, 5.74) is 0. The number of aromatic hydroxyl groups is 1. The number of hydrogen-bond donors (Lipinski definition) is 1. The van der Waals surface area contributed by atoms with Crippen LogP contribution < -0.4 is 0 Å². The summed E-state index contributed by atoms with van der Waals surface area (Å²) >= 11 is 8.68. The first-order valence-electron chi connectivity index (χ1n) is 5.95. The molecule has 0 aliphatic carbocycles. The molecule has 0 aliphatic rings. The molecule has 106 valence electrons. The Morgan fingerprint density at radius 2 is 2.10 bits per heavy atom. The van der Waals surface area contributed by atoms with Crippen LogP contribution in [0.2, 0.25) is 4.34 Å². The summed E-state index contributed by atoms with van der Waals surface area (Å²) in [6.07, 6.45) is 0. The molecule has 3 nitrogen and oxygen atoms in total. The molecule has 0 spiro atoms. The van der Waals surface area contributed by atoms with Crippen LogP contribution in [0.1, 0.15) is 4.88 Å². The van der Waals surface area contributed by atoms with Gasteiger partial charge in [-0.3, -0.25) is 4.79 Å². The maximum absolute atomic E-state index is 12.0. The van der Waals surface area contributed by atoms with E-state index < -0.39 is 0 Å². The number of carbonyl (C=O) groups is 1. The van der Waals surface area contributed by atoms with E-state index in [0.717, 1.165) is 9.21 Å². The monoisotopic (exact) mass is 327 g/mol. The molecule has 0 saturated heterocycles. The van der Waals surface area contributed by atoms with Crippen molar-refractivity contribution in [3.05, 3.63) is 45.6 Å². The molecule has 0 fully saturated rings. The van der Waals surface area contributed by atoms with Gasteiger partial charge in [-0.05, 0) is 24.3 Å². The van der Waals surface area contributed by atoms with Gasteiger partial charge in [0.05, 0.1) is 16.6 Å². The number of thioether (sulfide) groups is 1. The van der Waals surface area contributed by atoms with Crippen molar-refractivity contribution in [1.29, 1.82) is 0 Å². The molecular formula is C14H14ClNO2S2. The lowest BCUT2D eigenvalue weighted by Crippen LogP contribution is -2.27. The maximum Gasteiger partial charge on any atom is 0.233 e. The second kappa shape index (κ2) is 7.02. The maximum atomic E-state index is 12.0. The Bertz CT molecular complexity index is 600. The van der Waals surface area contributed by atoms with Crippen LogP contribution in [0.25, 0.3) is 0 Å². The van der Waals surface area contributed by atoms with Crippen LogP contribution in [0.4, 0.5) is 0 Å². The van der Waals surface area contributed by atoms with Gasteiger partial charge in [-0.2, -0.15) is 0 Å². The first-order chi connectivity index (χ1) is 9.56. The van der Waals surface area contributed by atoms with E-state index in [0.29, 0.717) is 17.2 Å². The van der Waals surface area contributed by atoms with Gasteiger partial charge in [0.25, 0.3) is 0 Å². The molecule has 0 radical (unpaired) electrons. The van der Waals surface area contributed by atoms with Crippen LogP contribution >= 0.6 is 34.7 Å². The summed E-state index contributed by atoms with van der Waals surface area (Å²) in [7, 11) is 1.77. The van der Waals surface area contributed by atoms with Gasteiger partial charge < -0.3 is 10.0 Å². The third-order valence-corrected chi connectivity index (χ3v) is 4.93. The van der Waals surface area contributed by atoms with Crippen LogP contribution in [0.5, 0.6) is 5.75 Å². The van der Waals surface area contributed by atoms with Crippen molar-refractivity contribution in [2.24, 2.45) is 0 Å². The van der Waals surface area contributed by atoms with Gasteiger partial charge in [-0.15, -0.1) is 23.1 Å². The van der Waals surface area contributed by atoms with Crippen LogP contribution in [0.3, 0.4) is 0 Å². The first kappa shape index (κ1) is 15.2. The molecule has 0 saturated carbocycles. The smallest absolute Gasteiger partial charge is 0.233 e. The summed E-state index contributed by atoms with van der Waals surface area (Å²) < 4.78 is 0.726. The van der Waals surface area contributed by atoms with Gasteiger partial charge in [0, 0.05) is 16.8 Å². The van der Waals surface area contributed by atoms with Crippen molar-refractivity contribution >= 4 is 40.6 Å². The van der Waals surface area contributed by atoms with E-state index in [9.17, 15) is 9.90 Å². The summed E-state index contributed by atoms with van der Waals surface area (Å²) in [4.78, 5) is 15.5. The second-order valence-corrected chi connectivity index (χ2v) is 7.03. The zero-order valence-electron chi connectivity index (χ0n) is 10.9. The van der Waals surface area contributed by atoms with Gasteiger partial charge in [-0.25, -0.2) is 0 Å². The van der Waals surface area contributed by atoms with Crippen molar-refractivity contribution in [2.75, 3.05) is 12.8 Å². The Kier molecular flexibility index (Phi) is 5.34. The lowest BCUT2D eigenvalue weighted by Gasteiger charge is -2.16. The molecule has 0 bridgehead atoms. The Hall–Kier alpha value is -1.17. The number of phenolic OH excluding ortho intramolecular Hbond substituents is 1.